The molecule has 0 unspecified atom stereocenters. The number of aliphatic hydroxyl groups excluding tert-OH is 1. The summed E-state index contributed by atoms with van der Waals surface area (Å²) in [5, 5.41) is 9.44. The third-order valence-electron chi connectivity index (χ3n) is 3.58. The molecule has 1 fully saturated rings. The molecule has 2 N–H and O–H groups in total. The van der Waals surface area contributed by atoms with Crippen LogP contribution in [0.15, 0.2) is 17.0 Å². The summed E-state index contributed by atoms with van der Waals surface area (Å²) in [4.78, 5) is -0.0753. The highest BCUT2D eigenvalue weighted by Crippen LogP contribution is 2.30. The van der Waals surface area contributed by atoms with Crippen LogP contribution in [0, 0.1) is 5.92 Å². The van der Waals surface area contributed by atoms with Gasteiger partial charge in [0.15, 0.2) is 0 Å². The first-order valence-corrected chi connectivity index (χ1v) is 8.76. The lowest BCUT2D eigenvalue weighted by molar-refractivity contribution is 0.281. The van der Waals surface area contributed by atoms with Gasteiger partial charge in [0, 0.05) is 11.6 Å². The average molecular weight is 338 g/mol. The van der Waals surface area contributed by atoms with E-state index in [-0.39, 0.29) is 21.5 Å². The lowest BCUT2D eigenvalue weighted by Gasteiger charge is -2.14. The number of halogens is 2. The highest BCUT2D eigenvalue weighted by atomic mass is 35.5. The zero-order valence-electron chi connectivity index (χ0n) is 10.9. The van der Waals surface area contributed by atoms with Gasteiger partial charge in [-0.05, 0) is 36.5 Å². The lowest BCUT2D eigenvalue weighted by atomic mass is 10.1. The van der Waals surface area contributed by atoms with Crippen molar-refractivity contribution in [1.29, 1.82) is 0 Å². The Morgan fingerprint density at radius 2 is 1.90 bits per heavy atom. The highest BCUT2D eigenvalue weighted by Gasteiger charge is 2.23. The molecule has 2 rings (SSSR count). The summed E-state index contributed by atoms with van der Waals surface area (Å²) in [6.45, 7) is 0.0597. The molecule has 0 radical (unpaired) electrons. The molecule has 1 saturated carbocycles. The Balaban J connectivity index is 2.22. The summed E-state index contributed by atoms with van der Waals surface area (Å²) < 4.78 is 27.2. The Hall–Kier alpha value is -0.330. The second-order valence-corrected chi connectivity index (χ2v) is 7.59. The van der Waals surface area contributed by atoms with Crippen molar-refractivity contribution in [2.24, 2.45) is 5.92 Å². The van der Waals surface area contributed by atoms with Crippen LogP contribution in [0.4, 0.5) is 0 Å². The van der Waals surface area contributed by atoms with Gasteiger partial charge in [-0.3, -0.25) is 0 Å². The van der Waals surface area contributed by atoms with Crippen molar-refractivity contribution in [2.45, 2.75) is 37.2 Å². The number of nitrogens with one attached hydrogen (secondary N) is 1. The molecular weight excluding hydrogens is 321 g/mol. The van der Waals surface area contributed by atoms with Crippen molar-refractivity contribution >= 4 is 33.2 Å². The molecule has 7 heteroatoms. The van der Waals surface area contributed by atoms with E-state index in [2.05, 4.69) is 4.72 Å². The van der Waals surface area contributed by atoms with Gasteiger partial charge in [0.1, 0.15) is 4.90 Å². The third kappa shape index (κ3) is 3.65. The molecule has 1 aliphatic rings. The van der Waals surface area contributed by atoms with Crippen LogP contribution in [-0.2, 0) is 16.6 Å². The van der Waals surface area contributed by atoms with Crippen molar-refractivity contribution in [3.05, 3.63) is 27.7 Å². The minimum atomic E-state index is -3.71. The molecule has 1 aliphatic carbocycles. The third-order valence-corrected chi connectivity index (χ3v) is 5.80. The summed E-state index contributed by atoms with van der Waals surface area (Å²) in [5.74, 6) is 0.389. The van der Waals surface area contributed by atoms with Gasteiger partial charge in [0.2, 0.25) is 10.0 Å². The molecule has 0 heterocycles. The molecule has 0 atom stereocenters. The van der Waals surface area contributed by atoms with E-state index in [1.54, 1.807) is 0 Å². The van der Waals surface area contributed by atoms with Crippen LogP contribution in [0.2, 0.25) is 10.0 Å². The molecule has 1 aromatic rings. The Labute approximate surface area is 129 Å². The Morgan fingerprint density at radius 1 is 1.25 bits per heavy atom. The van der Waals surface area contributed by atoms with E-state index in [4.69, 9.17) is 23.2 Å². The number of sulfonamides is 1. The van der Waals surface area contributed by atoms with Gasteiger partial charge in [-0.1, -0.05) is 36.0 Å². The van der Waals surface area contributed by atoms with Crippen LogP contribution in [-0.4, -0.2) is 20.1 Å². The molecule has 0 aliphatic heterocycles. The molecule has 0 bridgehead atoms. The standard InChI is InChI=1S/C13H17Cl2NO3S/c14-11-5-10(8-17)13(15)12(6-11)20(18,19)16-7-9-3-1-2-4-9/h5-6,9,16-17H,1-4,7-8H2. The van der Waals surface area contributed by atoms with Crippen molar-refractivity contribution in [1.82, 2.24) is 4.72 Å². The fraction of sp³-hybridized carbons (Fsp3) is 0.538. The van der Waals surface area contributed by atoms with Gasteiger partial charge in [-0.15, -0.1) is 0 Å². The smallest absolute Gasteiger partial charge is 0.242 e. The maximum Gasteiger partial charge on any atom is 0.242 e. The molecule has 4 nitrogen and oxygen atoms in total. The highest BCUT2D eigenvalue weighted by molar-refractivity contribution is 7.89. The second kappa shape index (κ2) is 6.62. The van der Waals surface area contributed by atoms with E-state index in [1.165, 1.54) is 12.1 Å². The van der Waals surface area contributed by atoms with Gasteiger partial charge in [0.25, 0.3) is 0 Å². The van der Waals surface area contributed by atoms with E-state index < -0.39 is 10.0 Å². The lowest BCUT2D eigenvalue weighted by Crippen LogP contribution is -2.29. The number of hydrogen-bond donors (Lipinski definition) is 2. The fourth-order valence-corrected chi connectivity index (χ4v) is 4.49. The fourth-order valence-electron chi connectivity index (χ4n) is 2.45. The Morgan fingerprint density at radius 3 is 2.50 bits per heavy atom. The van der Waals surface area contributed by atoms with Gasteiger partial charge < -0.3 is 5.11 Å². The zero-order valence-corrected chi connectivity index (χ0v) is 13.2. The summed E-state index contributed by atoms with van der Waals surface area (Å²) in [6, 6.07) is 2.76. The summed E-state index contributed by atoms with van der Waals surface area (Å²) in [7, 11) is -3.71. The number of hydrogen-bond acceptors (Lipinski definition) is 3. The number of aliphatic hydroxyl groups is 1. The minimum absolute atomic E-state index is 0.0239. The van der Waals surface area contributed by atoms with Crippen LogP contribution in [0.25, 0.3) is 0 Å². The number of rotatable bonds is 5. The van der Waals surface area contributed by atoms with Crippen LogP contribution in [0.3, 0.4) is 0 Å². The van der Waals surface area contributed by atoms with Crippen molar-refractivity contribution in [3.63, 3.8) is 0 Å². The quantitative estimate of drug-likeness (QED) is 0.867. The van der Waals surface area contributed by atoms with Gasteiger partial charge in [0.05, 0.1) is 11.6 Å². The van der Waals surface area contributed by atoms with E-state index in [0.29, 0.717) is 18.0 Å². The summed E-state index contributed by atoms with van der Waals surface area (Å²) in [6.07, 6.45) is 4.40. The van der Waals surface area contributed by atoms with Crippen LogP contribution < -0.4 is 4.72 Å². The van der Waals surface area contributed by atoms with Gasteiger partial charge >= 0.3 is 0 Å². The van der Waals surface area contributed by atoms with Crippen LogP contribution in [0.1, 0.15) is 31.2 Å². The predicted molar refractivity (Wildman–Crippen MR) is 79.5 cm³/mol. The monoisotopic (exact) mass is 337 g/mol. The van der Waals surface area contributed by atoms with Crippen LogP contribution >= 0.6 is 23.2 Å². The average Bonchev–Trinajstić information content (AvgIpc) is 2.92. The molecule has 20 heavy (non-hydrogen) atoms. The zero-order chi connectivity index (χ0) is 14.8. The van der Waals surface area contributed by atoms with E-state index >= 15 is 0 Å². The second-order valence-electron chi connectivity index (χ2n) is 5.04. The van der Waals surface area contributed by atoms with E-state index in [0.717, 1.165) is 25.7 Å². The molecular formula is C13H17Cl2NO3S. The molecule has 0 spiro atoms. The topological polar surface area (TPSA) is 66.4 Å². The van der Waals surface area contributed by atoms with Crippen molar-refractivity contribution in [2.75, 3.05) is 6.54 Å². The first-order chi connectivity index (χ1) is 9.44. The first kappa shape index (κ1) is 16.0. The minimum Gasteiger partial charge on any atom is -0.392 e. The number of benzene rings is 1. The molecule has 1 aromatic carbocycles. The summed E-state index contributed by atoms with van der Waals surface area (Å²) in [5.41, 5.74) is 0.306. The first-order valence-electron chi connectivity index (χ1n) is 6.52. The van der Waals surface area contributed by atoms with Gasteiger partial charge in [-0.25, -0.2) is 13.1 Å². The normalized spacial score (nSPS) is 16.8. The van der Waals surface area contributed by atoms with Crippen LogP contribution in [0.5, 0.6) is 0 Å². The predicted octanol–water partition coefficient (Wildman–Crippen LogP) is 2.95. The van der Waals surface area contributed by atoms with Gasteiger partial charge in [-0.2, -0.15) is 0 Å². The molecule has 0 saturated heterocycles. The Bertz CT molecular complexity index is 584. The molecule has 112 valence electrons. The van der Waals surface area contributed by atoms with E-state index in [1.807, 2.05) is 0 Å². The Kier molecular flexibility index (Phi) is 5.31. The van der Waals surface area contributed by atoms with E-state index in [9.17, 15) is 13.5 Å². The maximum absolute atomic E-state index is 12.3. The summed E-state index contributed by atoms with van der Waals surface area (Å²) >= 11 is 11.9. The van der Waals surface area contributed by atoms with Crippen molar-refractivity contribution in [3.8, 4) is 0 Å². The molecule has 0 amide bonds. The maximum atomic E-state index is 12.3. The molecule has 0 aromatic heterocycles. The van der Waals surface area contributed by atoms with Crippen molar-refractivity contribution < 1.29 is 13.5 Å². The SMILES string of the molecule is O=S(=O)(NCC1CCCC1)c1cc(Cl)cc(CO)c1Cl. The largest absolute Gasteiger partial charge is 0.392 e.